The number of piperidine rings is 1. The Morgan fingerprint density at radius 1 is 1.07 bits per heavy atom. The first-order valence-corrected chi connectivity index (χ1v) is 9.53. The Kier molecular flexibility index (Phi) is 4.66. The number of pyridine rings is 1. The number of nitrogens with zero attached hydrogens (tertiary/aromatic N) is 6. The third kappa shape index (κ3) is 3.65. The first kappa shape index (κ1) is 18.3. The summed E-state index contributed by atoms with van der Waals surface area (Å²) in [5.41, 5.74) is 3.17. The molecule has 4 heterocycles. The topological polar surface area (TPSA) is 76.8 Å². The molecule has 0 radical (unpaired) electrons. The van der Waals surface area contributed by atoms with Gasteiger partial charge in [-0.1, -0.05) is 19.9 Å². The lowest BCUT2D eigenvalue weighted by Gasteiger charge is -2.36. The van der Waals surface area contributed by atoms with E-state index >= 15 is 0 Å². The molecule has 0 aliphatic carbocycles. The lowest BCUT2D eigenvalue weighted by Crippen LogP contribution is -2.41. The third-order valence-corrected chi connectivity index (χ3v) is 5.25. The molecule has 1 aliphatic heterocycles. The maximum Gasteiger partial charge on any atom is 0.274 e. The number of likely N-dealkylation sites (tertiary alicyclic amines) is 1. The van der Waals surface area contributed by atoms with Gasteiger partial charge in [-0.3, -0.25) is 9.78 Å². The fourth-order valence-electron chi connectivity index (χ4n) is 3.32. The molecule has 0 atom stereocenters. The minimum atomic E-state index is -0.0569. The quantitative estimate of drug-likeness (QED) is 0.701. The Morgan fingerprint density at radius 2 is 1.79 bits per heavy atom. The molecule has 144 valence electrons. The van der Waals surface area contributed by atoms with E-state index < -0.39 is 0 Å². The van der Waals surface area contributed by atoms with E-state index in [9.17, 15) is 4.79 Å². The highest BCUT2D eigenvalue weighted by atomic mass is 16.2. The summed E-state index contributed by atoms with van der Waals surface area (Å²) < 4.78 is 1.60. The van der Waals surface area contributed by atoms with Crippen LogP contribution in [0.1, 0.15) is 42.7 Å². The predicted octanol–water partition coefficient (Wildman–Crippen LogP) is 3.29. The lowest BCUT2D eigenvalue weighted by molar-refractivity contribution is 0.0624. The zero-order valence-electron chi connectivity index (χ0n) is 16.5. The summed E-state index contributed by atoms with van der Waals surface area (Å²) in [5, 5.41) is 4.55. The SMILES string of the molecule is Cc1ccc(-c2cc(C(=O)N3CCC(C)(C)CC3)nn2-c2ncccn2)nc1. The molecule has 0 unspecified atom stereocenters. The number of carbonyl (C=O) groups excluding carboxylic acids is 1. The van der Waals surface area contributed by atoms with Crippen molar-refractivity contribution < 1.29 is 4.79 Å². The first-order valence-electron chi connectivity index (χ1n) is 9.53. The fraction of sp³-hybridized carbons (Fsp3) is 0.381. The second-order valence-corrected chi connectivity index (χ2v) is 8.05. The van der Waals surface area contributed by atoms with E-state index in [1.807, 2.05) is 24.0 Å². The first-order chi connectivity index (χ1) is 13.4. The van der Waals surface area contributed by atoms with Crippen LogP contribution in [0.15, 0.2) is 42.9 Å². The van der Waals surface area contributed by atoms with Gasteiger partial charge < -0.3 is 4.90 Å². The minimum Gasteiger partial charge on any atom is -0.337 e. The van der Waals surface area contributed by atoms with Crippen molar-refractivity contribution in [2.24, 2.45) is 5.41 Å². The van der Waals surface area contributed by atoms with Crippen molar-refractivity contribution >= 4 is 5.91 Å². The van der Waals surface area contributed by atoms with E-state index in [-0.39, 0.29) is 11.3 Å². The van der Waals surface area contributed by atoms with E-state index in [1.165, 1.54) is 0 Å². The number of carbonyl (C=O) groups is 1. The van der Waals surface area contributed by atoms with Crippen molar-refractivity contribution in [3.05, 3.63) is 54.1 Å². The van der Waals surface area contributed by atoms with E-state index in [0.29, 0.717) is 17.3 Å². The zero-order valence-corrected chi connectivity index (χ0v) is 16.5. The molecule has 1 saturated heterocycles. The number of aryl methyl sites for hydroxylation is 1. The van der Waals surface area contributed by atoms with Crippen LogP contribution in [0, 0.1) is 12.3 Å². The molecular weight excluding hydrogens is 352 g/mol. The smallest absolute Gasteiger partial charge is 0.274 e. The van der Waals surface area contributed by atoms with Crippen LogP contribution in [0.3, 0.4) is 0 Å². The van der Waals surface area contributed by atoms with Gasteiger partial charge in [-0.15, -0.1) is 0 Å². The van der Waals surface area contributed by atoms with Crippen LogP contribution >= 0.6 is 0 Å². The monoisotopic (exact) mass is 376 g/mol. The third-order valence-electron chi connectivity index (χ3n) is 5.25. The van der Waals surface area contributed by atoms with Gasteiger partial charge in [0, 0.05) is 31.7 Å². The highest BCUT2D eigenvalue weighted by molar-refractivity contribution is 5.93. The lowest BCUT2D eigenvalue weighted by atomic mass is 9.82. The summed E-state index contributed by atoms with van der Waals surface area (Å²) in [5.74, 6) is 0.359. The minimum absolute atomic E-state index is 0.0569. The van der Waals surface area contributed by atoms with Crippen LogP contribution in [0.4, 0.5) is 0 Å². The average Bonchev–Trinajstić information content (AvgIpc) is 3.14. The van der Waals surface area contributed by atoms with Crippen LogP contribution in [-0.4, -0.2) is 48.6 Å². The van der Waals surface area contributed by atoms with Gasteiger partial charge in [-0.25, -0.2) is 9.97 Å². The average molecular weight is 376 g/mol. The molecule has 3 aromatic rings. The van der Waals surface area contributed by atoms with E-state index in [0.717, 1.165) is 37.2 Å². The van der Waals surface area contributed by atoms with Crippen molar-refractivity contribution in [2.45, 2.75) is 33.6 Å². The summed E-state index contributed by atoms with van der Waals surface area (Å²) in [6.07, 6.45) is 7.10. The van der Waals surface area contributed by atoms with Crippen LogP contribution in [0.25, 0.3) is 17.3 Å². The number of hydrogen-bond donors (Lipinski definition) is 0. The maximum atomic E-state index is 13.1. The number of amides is 1. The number of rotatable bonds is 3. The van der Waals surface area contributed by atoms with Gasteiger partial charge in [0.1, 0.15) is 0 Å². The van der Waals surface area contributed by atoms with Crippen LogP contribution in [0.2, 0.25) is 0 Å². The Morgan fingerprint density at radius 3 is 2.43 bits per heavy atom. The summed E-state index contributed by atoms with van der Waals surface area (Å²) in [6, 6.07) is 7.44. The van der Waals surface area contributed by atoms with Crippen LogP contribution in [0.5, 0.6) is 0 Å². The van der Waals surface area contributed by atoms with Crippen molar-refractivity contribution in [1.82, 2.24) is 29.6 Å². The highest BCUT2D eigenvalue weighted by Gasteiger charge is 2.30. The Balaban J connectivity index is 1.71. The molecule has 0 spiro atoms. The van der Waals surface area contributed by atoms with E-state index in [2.05, 4.69) is 33.9 Å². The summed E-state index contributed by atoms with van der Waals surface area (Å²) in [7, 11) is 0. The molecule has 0 bridgehead atoms. The molecule has 28 heavy (non-hydrogen) atoms. The van der Waals surface area contributed by atoms with Crippen molar-refractivity contribution in [3.8, 4) is 17.3 Å². The normalized spacial score (nSPS) is 16.2. The molecule has 1 fully saturated rings. The fourth-order valence-corrected chi connectivity index (χ4v) is 3.32. The van der Waals surface area contributed by atoms with Crippen molar-refractivity contribution in [1.29, 1.82) is 0 Å². The Labute approximate surface area is 164 Å². The molecule has 0 saturated carbocycles. The molecule has 1 amide bonds. The largest absolute Gasteiger partial charge is 0.337 e. The van der Waals surface area contributed by atoms with Gasteiger partial charge in [0.25, 0.3) is 11.9 Å². The molecule has 3 aromatic heterocycles. The molecule has 0 N–H and O–H groups in total. The van der Waals surface area contributed by atoms with Gasteiger partial charge in [-0.2, -0.15) is 9.78 Å². The number of hydrogen-bond acceptors (Lipinski definition) is 5. The van der Waals surface area contributed by atoms with Gasteiger partial charge in [-0.05, 0) is 48.9 Å². The molecule has 1 aliphatic rings. The second-order valence-electron chi connectivity index (χ2n) is 8.05. The molecule has 0 aromatic carbocycles. The van der Waals surface area contributed by atoms with E-state index in [4.69, 9.17) is 0 Å². The molecule has 7 nitrogen and oxygen atoms in total. The zero-order chi connectivity index (χ0) is 19.7. The molecule has 4 rings (SSSR count). The van der Waals surface area contributed by atoms with Crippen LogP contribution < -0.4 is 0 Å². The second kappa shape index (κ2) is 7.14. The molecular formula is C21H24N6O. The van der Waals surface area contributed by atoms with Gasteiger partial charge in [0.05, 0.1) is 11.4 Å². The van der Waals surface area contributed by atoms with Crippen molar-refractivity contribution in [2.75, 3.05) is 13.1 Å². The highest BCUT2D eigenvalue weighted by Crippen LogP contribution is 2.30. The van der Waals surface area contributed by atoms with Gasteiger partial charge in [0.15, 0.2) is 5.69 Å². The Hall–Kier alpha value is -3.09. The maximum absolute atomic E-state index is 13.1. The summed E-state index contributed by atoms with van der Waals surface area (Å²) in [6.45, 7) is 7.98. The van der Waals surface area contributed by atoms with E-state index in [1.54, 1.807) is 35.4 Å². The summed E-state index contributed by atoms with van der Waals surface area (Å²) in [4.78, 5) is 28.1. The standard InChI is InChI=1S/C21H24N6O/c1-15-5-6-16(24-14-15)18-13-17(25-27(18)20-22-9-4-10-23-20)19(28)26-11-7-21(2,3)8-12-26/h4-6,9-10,13-14H,7-8,11-12H2,1-3H3. The van der Waals surface area contributed by atoms with Crippen LogP contribution in [-0.2, 0) is 0 Å². The van der Waals surface area contributed by atoms with Gasteiger partial charge >= 0.3 is 0 Å². The summed E-state index contributed by atoms with van der Waals surface area (Å²) >= 11 is 0. The number of aromatic nitrogens is 5. The Bertz CT molecular complexity index is 968. The molecule has 7 heteroatoms. The van der Waals surface area contributed by atoms with Gasteiger partial charge in [0.2, 0.25) is 0 Å². The predicted molar refractivity (Wildman–Crippen MR) is 106 cm³/mol. The van der Waals surface area contributed by atoms with Crippen molar-refractivity contribution in [3.63, 3.8) is 0 Å².